The number of nitrogens with one attached hydrogen (secondary N) is 1. The van der Waals surface area contributed by atoms with Crippen molar-refractivity contribution in [3.05, 3.63) is 53.2 Å². The highest BCUT2D eigenvalue weighted by Gasteiger charge is 2.36. The van der Waals surface area contributed by atoms with Crippen molar-refractivity contribution >= 4 is 5.69 Å². The van der Waals surface area contributed by atoms with Crippen LogP contribution in [0.2, 0.25) is 0 Å². The minimum atomic E-state index is -0.203. The molecule has 0 bridgehead atoms. The number of halogens is 1. The summed E-state index contributed by atoms with van der Waals surface area (Å²) >= 11 is 0. The van der Waals surface area contributed by atoms with Crippen LogP contribution in [0.1, 0.15) is 36.3 Å². The zero-order chi connectivity index (χ0) is 13.4. The zero-order valence-corrected chi connectivity index (χ0v) is 11.2. The molecule has 0 aliphatic heterocycles. The number of hydrogen-bond acceptors (Lipinski definition) is 2. The average Bonchev–Trinajstić information content (AvgIpc) is 2.91. The third-order valence-electron chi connectivity index (χ3n) is 3.80. The van der Waals surface area contributed by atoms with Crippen molar-refractivity contribution in [2.24, 2.45) is 5.92 Å². The molecule has 1 N–H and O–H groups in total. The Morgan fingerprint density at radius 3 is 2.79 bits per heavy atom. The van der Waals surface area contributed by atoms with Crippen molar-refractivity contribution in [1.82, 2.24) is 0 Å². The van der Waals surface area contributed by atoms with E-state index in [9.17, 15) is 4.39 Å². The molecule has 1 saturated carbocycles. The van der Waals surface area contributed by atoms with Gasteiger partial charge in [0.2, 0.25) is 0 Å². The number of aryl methyl sites for hydroxylation is 1. The highest BCUT2D eigenvalue weighted by atomic mass is 19.1. The second-order valence-electron chi connectivity index (χ2n) is 5.44. The van der Waals surface area contributed by atoms with Crippen LogP contribution in [-0.2, 0) is 6.54 Å². The Labute approximate surface area is 112 Å². The molecular formula is C16H18FNO. The maximum absolute atomic E-state index is 13.0. The molecule has 2 unspecified atom stereocenters. The molecule has 1 heterocycles. The maximum Gasteiger partial charge on any atom is 0.123 e. The first-order valence-electron chi connectivity index (χ1n) is 6.72. The number of anilines is 1. The molecule has 2 atom stereocenters. The van der Waals surface area contributed by atoms with E-state index in [4.69, 9.17) is 4.42 Å². The summed E-state index contributed by atoms with van der Waals surface area (Å²) in [6.07, 6.45) is 1.23. The van der Waals surface area contributed by atoms with Gasteiger partial charge in [-0.15, -0.1) is 0 Å². The fourth-order valence-corrected chi connectivity index (χ4v) is 2.42. The smallest absolute Gasteiger partial charge is 0.123 e. The quantitative estimate of drug-likeness (QED) is 0.876. The van der Waals surface area contributed by atoms with Crippen LogP contribution in [0.15, 0.2) is 34.7 Å². The van der Waals surface area contributed by atoms with E-state index in [1.165, 1.54) is 18.6 Å². The number of benzene rings is 1. The molecule has 1 aliphatic carbocycles. The highest BCUT2D eigenvalue weighted by molar-refractivity contribution is 5.50. The van der Waals surface area contributed by atoms with Crippen LogP contribution < -0.4 is 5.32 Å². The molecule has 0 amide bonds. The van der Waals surface area contributed by atoms with Crippen molar-refractivity contribution in [3.8, 4) is 0 Å². The van der Waals surface area contributed by atoms with Crippen LogP contribution in [0.5, 0.6) is 0 Å². The second kappa shape index (κ2) is 4.72. The van der Waals surface area contributed by atoms with E-state index >= 15 is 0 Å². The van der Waals surface area contributed by atoms with Gasteiger partial charge in [0.05, 0.1) is 6.54 Å². The monoisotopic (exact) mass is 259 g/mol. The van der Waals surface area contributed by atoms with Crippen molar-refractivity contribution < 1.29 is 8.81 Å². The van der Waals surface area contributed by atoms with Crippen LogP contribution in [0.25, 0.3) is 0 Å². The Balaban J connectivity index is 1.64. The Kier molecular flexibility index (Phi) is 3.05. The topological polar surface area (TPSA) is 25.2 Å². The van der Waals surface area contributed by atoms with Gasteiger partial charge in [0.1, 0.15) is 17.3 Å². The van der Waals surface area contributed by atoms with Crippen LogP contribution in [0.4, 0.5) is 10.1 Å². The van der Waals surface area contributed by atoms with Crippen molar-refractivity contribution in [2.45, 2.75) is 32.7 Å². The van der Waals surface area contributed by atoms with Crippen LogP contribution in [-0.4, -0.2) is 0 Å². The Bertz CT molecular complexity index is 590. The summed E-state index contributed by atoms with van der Waals surface area (Å²) < 4.78 is 18.8. The summed E-state index contributed by atoms with van der Waals surface area (Å²) in [6.45, 7) is 4.77. The van der Waals surface area contributed by atoms with Crippen molar-refractivity contribution in [2.75, 3.05) is 5.32 Å². The predicted molar refractivity (Wildman–Crippen MR) is 73.7 cm³/mol. The molecule has 0 saturated heterocycles. The lowest BCUT2D eigenvalue weighted by Crippen LogP contribution is -2.00. The summed E-state index contributed by atoms with van der Waals surface area (Å²) in [7, 11) is 0. The molecule has 0 radical (unpaired) electrons. The van der Waals surface area contributed by atoms with Gasteiger partial charge in [-0.3, -0.25) is 0 Å². The lowest BCUT2D eigenvalue weighted by molar-refractivity contribution is 0.468. The summed E-state index contributed by atoms with van der Waals surface area (Å²) in [6, 6.07) is 8.85. The largest absolute Gasteiger partial charge is 0.464 e. The molecular weight excluding hydrogens is 241 g/mol. The van der Waals surface area contributed by atoms with Gasteiger partial charge < -0.3 is 9.73 Å². The fourth-order valence-electron chi connectivity index (χ4n) is 2.42. The number of hydrogen-bond donors (Lipinski definition) is 1. The molecule has 1 aromatic carbocycles. The molecule has 2 aromatic rings. The van der Waals surface area contributed by atoms with Crippen LogP contribution in [0.3, 0.4) is 0 Å². The van der Waals surface area contributed by atoms with E-state index in [0.717, 1.165) is 28.7 Å². The summed E-state index contributed by atoms with van der Waals surface area (Å²) in [5.74, 6) is 3.19. The molecule has 1 aliphatic rings. The molecule has 1 fully saturated rings. The highest BCUT2D eigenvalue weighted by Crippen LogP contribution is 2.47. The van der Waals surface area contributed by atoms with Crippen LogP contribution in [0, 0.1) is 18.7 Å². The van der Waals surface area contributed by atoms with E-state index in [1.807, 2.05) is 13.0 Å². The molecule has 1 aromatic heterocycles. The number of rotatable bonds is 4. The summed E-state index contributed by atoms with van der Waals surface area (Å²) in [5, 5.41) is 3.28. The first-order valence-corrected chi connectivity index (χ1v) is 6.72. The minimum Gasteiger partial charge on any atom is -0.464 e. The van der Waals surface area contributed by atoms with E-state index < -0.39 is 0 Å². The fraction of sp³-hybridized carbons (Fsp3) is 0.375. The normalized spacial score (nSPS) is 21.4. The molecule has 2 nitrogen and oxygen atoms in total. The first kappa shape index (κ1) is 12.3. The van der Waals surface area contributed by atoms with Gasteiger partial charge in [-0.1, -0.05) is 6.92 Å². The Morgan fingerprint density at radius 2 is 2.11 bits per heavy atom. The van der Waals surface area contributed by atoms with Gasteiger partial charge in [-0.25, -0.2) is 4.39 Å². The zero-order valence-electron chi connectivity index (χ0n) is 11.2. The van der Waals surface area contributed by atoms with Gasteiger partial charge in [0, 0.05) is 11.6 Å². The average molecular weight is 259 g/mol. The van der Waals surface area contributed by atoms with E-state index in [1.54, 1.807) is 6.07 Å². The van der Waals surface area contributed by atoms with Crippen molar-refractivity contribution in [3.63, 3.8) is 0 Å². The second-order valence-corrected chi connectivity index (χ2v) is 5.44. The third-order valence-corrected chi connectivity index (χ3v) is 3.80. The Hall–Kier alpha value is -1.77. The summed E-state index contributed by atoms with van der Waals surface area (Å²) in [4.78, 5) is 0. The lowest BCUT2D eigenvalue weighted by atomic mass is 10.2. The van der Waals surface area contributed by atoms with Gasteiger partial charge in [0.25, 0.3) is 0 Å². The third kappa shape index (κ3) is 2.65. The van der Waals surface area contributed by atoms with Crippen LogP contribution >= 0.6 is 0 Å². The number of furan rings is 1. The van der Waals surface area contributed by atoms with Gasteiger partial charge in [-0.05, 0) is 55.2 Å². The van der Waals surface area contributed by atoms with E-state index in [-0.39, 0.29) is 5.82 Å². The van der Waals surface area contributed by atoms with Gasteiger partial charge in [0.15, 0.2) is 0 Å². The summed E-state index contributed by atoms with van der Waals surface area (Å²) in [5.41, 5.74) is 1.85. The lowest BCUT2D eigenvalue weighted by Gasteiger charge is -2.07. The molecule has 100 valence electrons. The molecule has 19 heavy (non-hydrogen) atoms. The standard InChI is InChI=1S/C16H18FNO/c1-10-8-14(10)16-6-4-13(19-16)9-18-15-5-3-12(17)7-11(15)2/h3-7,10,14,18H,8-9H2,1-2H3. The maximum atomic E-state index is 13.0. The first-order chi connectivity index (χ1) is 9.13. The van der Waals surface area contributed by atoms with E-state index in [2.05, 4.69) is 18.3 Å². The van der Waals surface area contributed by atoms with Gasteiger partial charge >= 0.3 is 0 Å². The SMILES string of the molecule is Cc1cc(F)ccc1NCc1ccc(C2CC2C)o1. The molecule has 3 heteroatoms. The molecule has 0 spiro atoms. The minimum absolute atomic E-state index is 0.203. The van der Waals surface area contributed by atoms with E-state index in [0.29, 0.717) is 12.5 Å². The predicted octanol–water partition coefficient (Wildman–Crippen LogP) is 4.46. The molecule has 3 rings (SSSR count). The van der Waals surface area contributed by atoms with Crippen molar-refractivity contribution in [1.29, 1.82) is 0 Å². The van der Waals surface area contributed by atoms with Gasteiger partial charge in [-0.2, -0.15) is 0 Å². The Morgan fingerprint density at radius 1 is 1.32 bits per heavy atom.